The number of nitrogens with one attached hydrogen (secondary N) is 1. The Morgan fingerprint density at radius 3 is 2.93 bits per heavy atom. The summed E-state index contributed by atoms with van der Waals surface area (Å²) >= 11 is 6.09. The number of nitrogens with zero attached hydrogens (tertiary/aromatic N) is 3. The number of β-amino-alcohol motifs (C(OH)–C–C–N with tert-alkyl or cyclic N) is 1. The standard InChI is InChI=1S/C19H26ClN5O2/c1-12(2)27-17-5-14(20)4-3-13(17)9-22-18-7-19(24-11-23-18)25-10-16(26)6-15(25)8-21/h3-5,7,11-12,15-16,26H,6,8-10,21H2,1-2H3,(H,22,23,24)/t15-,16-/m1/s1. The van der Waals surface area contributed by atoms with E-state index in [1.807, 2.05) is 43.0 Å². The van der Waals surface area contributed by atoms with Crippen LogP contribution in [0.15, 0.2) is 30.6 Å². The minimum Gasteiger partial charge on any atom is -0.491 e. The first-order valence-corrected chi connectivity index (χ1v) is 9.50. The highest BCUT2D eigenvalue weighted by molar-refractivity contribution is 6.30. The molecule has 3 rings (SSSR count). The van der Waals surface area contributed by atoms with E-state index in [9.17, 15) is 5.11 Å². The average molecular weight is 392 g/mol. The fraction of sp³-hybridized carbons (Fsp3) is 0.474. The van der Waals surface area contributed by atoms with Gasteiger partial charge in [0, 0.05) is 42.3 Å². The normalized spacial score (nSPS) is 19.6. The summed E-state index contributed by atoms with van der Waals surface area (Å²) in [5.41, 5.74) is 6.82. The molecule has 0 amide bonds. The Labute approximate surface area is 164 Å². The molecule has 2 heterocycles. The third-order valence-corrected chi connectivity index (χ3v) is 4.70. The quantitative estimate of drug-likeness (QED) is 0.666. The molecule has 0 bridgehead atoms. The molecule has 146 valence electrons. The Balaban J connectivity index is 1.72. The molecule has 0 aliphatic carbocycles. The van der Waals surface area contributed by atoms with E-state index in [0.29, 0.717) is 36.9 Å². The van der Waals surface area contributed by atoms with Gasteiger partial charge in [-0.25, -0.2) is 9.97 Å². The molecule has 2 aromatic rings. The first-order valence-electron chi connectivity index (χ1n) is 9.12. The van der Waals surface area contributed by atoms with E-state index in [2.05, 4.69) is 15.3 Å². The van der Waals surface area contributed by atoms with Gasteiger partial charge in [0.1, 0.15) is 23.7 Å². The monoisotopic (exact) mass is 391 g/mol. The second-order valence-electron chi connectivity index (χ2n) is 6.97. The fourth-order valence-electron chi connectivity index (χ4n) is 3.22. The lowest BCUT2D eigenvalue weighted by Gasteiger charge is -2.24. The van der Waals surface area contributed by atoms with Crippen LogP contribution in [0.3, 0.4) is 0 Å². The molecule has 1 aromatic heterocycles. The molecule has 27 heavy (non-hydrogen) atoms. The van der Waals surface area contributed by atoms with Crippen LogP contribution in [0.2, 0.25) is 5.02 Å². The van der Waals surface area contributed by atoms with Crippen LogP contribution >= 0.6 is 11.6 Å². The number of aromatic nitrogens is 2. The van der Waals surface area contributed by atoms with Crippen molar-refractivity contribution in [2.24, 2.45) is 5.73 Å². The maximum absolute atomic E-state index is 9.93. The van der Waals surface area contributed by atoms with Gasteiger partial charge in [-0.3, -0.25) is 0 Å². The van der Waals surface area contributed by atoms with E-state index < -0.39 is 0 Å². The number of nitrogens with two attached hydrogens (primary N) is 1. The summed E-state index contributed by atoms with van der Waals surface area (Å²) in [5, 5.41) is 13.9. The zero-order valence-electron chi connectivity index (χ0n) is 15.6. The molecule has 2 atom stereocenters. The van der Waals surface area contributed by atoms with Crippen LogP contribution in [-0.2, 0) is 6.54 Å². The smallest absolute Gasteiger partial charge is 0.134 e. The lowest BCUT2D eigenvalue weighted by molar-refractivity contribution is 0.194. The maximum atomic E-state index is 9.93. The van der Waals surface area contributed by atoms with Gasteiger partial charge < -0.3 is 25.8 Å². The summed E-state index contributed by atoms with van der Waals surface area (Å²) in [6, 6.07) is 7.57. The molecule has 0 unspecified atom stereocenters. The Bertz CT molecular complexity index is 774. The highest BCUT2D eigenvalue weighted by Gasteiger charge is 2.30. The fourth-order valence-corrected chi connectivity index (χ4v) is 3.38. The number of hydrogen-bond donors (Lipinski definition) is 3. The van der Waals surface area contributed by atoms with Crippen LogP contribution in [0.4, 0.5) is 11.6 Å². The number of rotatable bonds is 7. The van der Waals surface area contributed by atoms with Crippen molar-refractivity contribution in [3.8, 4) is 5.75 Å². The van der Waals surface area contributed by atoms with Gasteiger partial charge in [0.25, 0.3) is 0 Å². The van der Waals surface area contributed by atoms with E-state index in [-0.39, 0.29) is 18.2 Å². The van der Waals surface area contributed by atoms with Crippen LogP contribution in [0.5, 0.6) is 5.75 Å². The molecule has 0 saturated carbocycles. The van der Waals surface area contributed by atoms with Crippen molar-refractivity contribution in [1.29, 1.82) is 0 Å². The van der Waals surface area contributed by atoms with Gasteiger partial charge in [-0.15, -0.1) is 0 Å². The van der Waals surface area contributed by atoms with Gasteiger partial charge in [-0.1, -0.05) is 17.7 Å². The van der Waals surface area contributed by atoms with Crippen molar-refractivity contribution < 1.29 is 9.84 Å². The second kappa shape index (κ2) is 8.73. The van der Waals surface area contributed by atoms with Gasteiger partial charge in [0.15, 0.2) is 0 Å². The second-order valence-corrected chi connectivity index (χ2v) is 7.40. The van der Waals surface area contributed by atoms with Crippen molar-refractivity contribution in [2.75, 3.05) is 23.3 Å². The van der Waals surface area contributed by atoms with Crippen molar-refractivity contribution >= 4 is 23.2 Å². The molecule has 1 saturated heterocycles. The van der Waals surface area contributed by atoms with Gasteiger partial charge in [-0.05, 0) is 32.4 Å². The Morgan fingerprint density at radius 2 is 2.19 bits per heavy atom. The summed E-state index contributed by atoms with van der Waals surface area (Å²) in [7, 11) is 0. The minimum absolute atomic E-state index is 0.0580. The van der Waals surface area contributed by atoms with Gasteiger partial charge >= 0.3 is 0 Å². The van der Waals surface area contributed by atoms with E-state index in [4.69, 9.17) is 22.1 Å². The highest BCUT2D eigenvalue weighted by Crippen LogP contribution is 2.27. The van der Waals surface area contributed by atoms with Crippen molar-refractivity contribution in [3.63, 3.8) is 0 Å². The van der Waals surface area contributed by atoms with E-state index in [0.717, 1.165) is 17.1 Å². The molecule has 0 spiro atoms. The third-order valence-electron chi connectivity index (χ3n) is 4.46. The molecular formula is C19H26ClN5O2. The molecular weight excluding hydrogens is 366 g/mol. The Morgan fingerprint density at radius 1 is 1.37 bits per heavy atom. The number of aliphatic hydroxyl groups is 1. The molecule has 4 N–H and O–H groups in total. The molecule has 1 aliphatic heterocycles. The van der Waals surface area contributed by atoms with Gasteiger partial charge in [-0.2, -0.15) is 0 Å². The van der Waals surface area contributed by atoms with Gasteiger partial charge in [0.2, 0.25) is 0 Å². The molecule has 8 heteroatoms. The zero-order valence-corrected chi connectivity index (χ0v) is 16.4. The molecule has 7 nitrogen and oxygen atoms in total. The zero-order chi connectivity index (χ0) is 19.4. The number of aliphatic hydroxyl groups excluding tert-OH is 1. The molecule has 1 aromatic carbocycles. The lowest BCUT2D eigenvalue weighted by Crippen LogP contribution is -2.36. The lowest BCUT2D eigenvalue weighted by atomic mass is 10.2. The van der Waals surface area contributed by atoms with Crippen LogP contribution < -0.4 is 20.7 Å². The Hall–Kier alpha value is -2.09. The van der Waals surface area contributed by atoms with Crippen molar-refractivity contribution in [1.82, 2.24) is 9.97 Å². The largest absolute Gasteiger partial charge is 0.491 e. The predicted octanol–water partition coefficient (Wildman–Crippen LogP) is 2.43. The summed E-state index contributed by atoms with van der Waals surface area (Å²) in [5.74, 6) is 2.21. The van der Waals surface area contributed by atoms with Crippen LogP contribution in [-0.4, -0.2) is 46.4 Å². The summed E-state index contributed by atoms with van der Waals surface area (Å²) < 4.78 is 5.85. The first kappa shape index (κ1) is 19.7. The van der Waals surface area contributed by atoms with Crippen LogP contribution in [0.1, 0.15) is 25.8 Å². The predicted molar refractivity (Wildman–Crippen MR) is 107 cm³/mol. The molecule has 0 radical (unpaired) electrons. The number of anilines is 2. The molecule has 1 aliphatic rings. The number of hydrogen-bond acceptors (Lipinski definition) is 7. The number of ether oxygens (including phenoxy) is 1. The summed E-state index contributed by atoms with van der Waals surface area (Å²) in [6.07, 6.45) is 1.85. The first-order chi connectivity index (χ1) is 13.0. The van der Waals surface area contributed by atoms with Crippen LogP contribution in [0, 0.1) is 0 Å². The Kier molecular flexibility index (Phi) is 6.36. The average Bonchev–Trinajstić information content (AvgIpc) is 3.02. The van der Waals surface area contributed by atoms with E-state index in [1.165, 1.54) is 6.33 Å². The number of benzene rings is 1. The van der Waals surface area contributed by atoms with E-state index in [1.54, 1.807) is 0 Å². The van der Waals surface area contributed by atoms with E-state index >= 15 is 0 Å². The number of halogens is 1. The van der Waals surface area contributed by atoms with Crippen molar-refractivity contribution in [3.05, 3.63) is 41.2 Å². The van der Waals surface area contributed by atoms with Crippen molar-refractivity contribution in [2.45, 2.75) is 45.1 Å². The minimum atomic E-state index is -0.380. The summed E-state index contributed by atoms with van der Waals surface area (Å²) in [6.45, 7) is 5.51. The third kappa shape index (κ3) is 5.00. The topological polar surface area (TPSA) is 96.5 Å². The SMILES string of the molecule is CC(C)Oc1cc(Cl)ccc1CNc1cc(N2C[C@H](O)C[C@@H]2CN)ncn1. The summed E-state index contributed by atoms with van der Waals surface area (Å²) in [4.78, 5) is 10.7. The molecule has 1 fully saturated rings. The van der Waals surface area contributed by atoms with Crippen LogP contribution in [0.25, 0.3) is 0 Å². The highest BCUT2D eigenvalue weighted by atomic mass is 35.5. The maximum Gasteiger partial charge on any atom is 0.134 e. The van der Waals surface area contributed by atoms with Gasteiger partial charge in [0.05, 0.1) is 12.2 Å².